The number of hydrogen-bond donors (Lipinski definition) is 0. The van der Waals surface area contributed by atoms with Gasteiger partial charge in [-0.2, -0.15) is 14.8 Å². The standard InChI is InChI=1S/C12H14N4O3S/c1-19-9-8-16(7-3-5-13)20(17,18)12-4-2-6-15-11(12)10-14/h2,4,6H,3,7-9H2,1H3. The topological polar surface area (TPSA) is 107 Å². The molecule has 0 N–H and O–H groups in total. The molecule has 0 saturated carbocycles. The summed E-state index contributed by atoms with van der Waals surface area (Å²) in [7, 11) is -2.41. The van der Waals surface area contributed by atoms with Crippen molar-refractivity contribution < 1.29 is 13.2 Å². The van der Waals surface area contributed by atoms with Crippen molar-refractivity contribution in [2.75, 3.05) is 26.8 Å². The smallest absolute Gasteiger partial charge is 0.246 e. The second-order valence-electron chi connectivity index (χ2n) is 3.77. The summed E-state index contributed by atoms with van der Waals surface area (Å²) in [5.74, 6) is 0. The van der Waals surface area contributed by atoms with E-state index in [9.17, 15) is 8.42 Å². The van der Waals surface area contributed by atoms with E-state index in [2.05, 4.69) is 4.98 Å². The second-order valence-corrected chi connectivity index (χ2v) is 5.67. The molecule has 0 atom stereocenters. The van der Waals surface area contributed by atoms with Gasteiger partial charge in [0, 0.05) is 32.8 Å². The number of methoxy groups -OCH3 is 1. The summed E-state index contributed by atoms with van der Waals surface area (Å²) >= 11 is 0. The number of nitriles is 2. The Morgan fingerprint density at radius 3 is 2.75 bits per heavy atom. The monoisotopic (exact) mass is 294 g/mol. The van der Waals surface area contributed by atoms with E-state index in [4.69, 9.17) is 15.3 Å². The Balaban J connectivity index is 3.15. The van der Waals surface area contributed by atoms with E-state index in [1.165, 1.54) is 25.4 Å². The van der Waals surface area contributed by atoms with Gasteiger partial charge in [0.15, 0.2) is 5.69 Å². The molecule has 0 aliphatic rings. The summed E-state index contributed by atoms with van der Waals surface area (Å²) < 4.78 is 31.0. The molecule has 0 unspecified atom stereocenters. The number of sulfonamides is 1. The van der Waals surface area contributed by atoms with Gasteiger partial charge in [-0.25, -0.2) is 13.4 Å². The number of nitrogens with zero attached hydrogens (tertiary/aromatic N) is 4. The van der Waals surface area contributed by atoms with Gasteiger partial charge < -0.3 is 4.74 Å². The fourth-order valence-corrected chi connectivity index (χ4v) is 3.06. The van der Waals surface area contributed by atoms with Crippen LogP contribution in [0.25, 0.3) is 0 Å². The Kier molecular flexibility index (Phi) is 6.07. The number of rotatable bonds is 7. The normalized spacial score (nSPS) is 11.0. The fraction of sp³-hybridized carbons (Fsp3) is 0.417. The van der Waals surface area contributed by atoms with Crippen molar-refractivity contribution in [2.24, 2.45) is 0 Å². The third kappa shape index (κ3) is 3.75. The van der Waals surface area contributed by atoms with Crippen LogP contribution in [0.2, 0.25) is 0 Å². The average Bonchev–Trinajstić information content (AvgIpc) is 2.47. The fourth-order valence-electron chi connectivity index (χ4n) is 1.54. The van der Waals surface area contributed by atoms with Crippen LogP contribution in [0.15, 0.2) is 23.2 Å². The Hall–Kier alpha value is -2.00. The number of hydrogen-bond acceptors (Lipinski definition) is 6. The molecule has 0 aliphatic heterocycles. The lowest BCUT2D eigenvalue weighted by atomic mass is 10.4. The van der Waals surface area contributed by atoms with Crippen LogP contribution < -0.4 is 0 Å². The first kappa shape index (κ1) is 16.1. The quantitative estimate of drug-likeness (QED) is 0.725. The summed E-state index contributed by atoms with van der Waals surface area (Å²) in [6.45, 7) is 0.356. The SMILES string of the molecule is COCCN(CCC#N)S(=O)(=O)c1cccnc1C#N. The molecule has 0 amide bonds. The first-order chi connectivity index (χ1) is 9.57. The number of aromatic nitrogens is 1. The molecule has 1 aromatic rings. The van der Waals surface area contributed by atoms with Crippen LogP contribution in [0, 0.1) is 22.7 Å². The predicted octanol–water partition coefficient (Wildman–Crippen LogP) is 0.504. The van der Waals surface area contributed by atoms with Crippen LogP contribution in [-0.2, 0) is 14.8 Å². The van der Waals surface area contributed by atoms with Crippen molar-refractivity contribution in [3.63, 3.8) is 0 Å². The molecule has 0 aliphatic carbocycles. The van der Waals surface area contributed by atoms with Gasteiger partial charge in [-0.15, -0.1) is 0 Å². The van der Waals surface area contributed by atoms with Crippen molar-refractivity contribution in [1.29, 1.82) is 10.5 Å². The van der Waals surface area contributed by atoms with Crippen molar-refractivity contribution in [3.05, 3.63) is 24.0 Å². The van der Waals surface area contributed by atoms with Crippen molar-refractivity contribution >= 4 is 10.0 Å². The number of ether oxygens (including phenoxy) is 1. The molecular weight excluding hydrogens is 280 g/mol. The van der Waals surface area contributed by atoms with Crippen molar-refractivity contribution in [2.45, 2.75) is 11.3 Å². The predicted molar refractivity (Wildman–Crippen MR) is 69.8 cm³/mol. The van der Waals surface area contributed by atoms with Crippen molar-refractivity contribution in [3.8, 4) is 12.1 Å². The van der Waals surface area contributed by atoms with Crippen LogP contribution in [0.1, 0.15) is 12.1 Å². The molecule has 0 aromatic carbocycles. The third-order valence-electron chi connectivity index (χ3n) is 2.51. The highest BCUT2D eigenvalue weighted by atomic mass is 32.2. The molecule has 1 rings (SSSR count). The Bertz CT molecular complexity index is 631. The molecule has 1 heterocycles. The molecule has 0 spiro atoms. The van der Waals surface area contributed by atoms with Crippen LogP contribution in [0.3, 0.4) is 0 Å². The minimum absolute atomic E-state index is 0.0436. The molecule has 8 heteroatoms. The molecule has 106 valence electrons. The van der Waals surface area contributed by atoms with E-state index in [-0.39, 0.29) is 36.7 Å². The Labute approximate surface area is 118 Å². The zero-order chi connectivity index (χ0) is 15.0. The van der Waals surface area contributed by atoms with Gasteiger partial charge in [0.05, 0.1) is 12.7 Å². The highest BCUT2D eigenvalue weighted by Crippen LogP contribution is 2.18. The van der Waals surface area contributed by atoms with Gasteiger partial charge in [0.25, 0.3) is 0 Å². The zero-order valence-corrected chi connectivity index (χ0v) is 11.8. The van der Waals surface area contributed by atoms with Crippen LogP contribution in [-0.4, -0.2) is 44.5 Å². The van der Waals surface area contributed by atoms with Gasteiger partial charge in [-0.1, -0.05) is 0 Å². The van der Waals surface area contributed by atoms with Crippen molar-refractivity contribution in [1.82, 2.24) is 9.29 Å². The van der Waals surface area contributed by atoms with Crippen LogP contribution >= 0.6 is 0 Å². The van der Waals surface area contributed by atoms with Gasteiger partial charge in [0.2, 0.25) is 10.0 Å². The third-order valence-corrected chi connectivity index (χ3v) is 4.44. The van der Waals surface area contributed by atoms with Crippen LogP contribution in [0.4, 0.5) is 0 Å². The molecule has 0 saturated heterocycles. The second kappa shape index (κ2) is 7.56. The maximum absolute atomic E-state index is 12.5. The minimum Gasteiger partial charge on any atom is -0.383 e. The summed E-state index contributed by atoms with van der Waals surface area (Å²) in [6.07, 6.45) is 1.41. The van der Waals surface area contributed by atoms with E-state index in [1.807, 2.05) is 6.07 Å². The van der Waals surface area contributed by atoms with E-state index in [0.29, 0.717) is 0 Å². The van der Waals surface area contributed by atoms with E-state index < -0.39 is 10.0 Å². The lowest BCUT2D eigenvalue weighted by molar-refractivity contribution is 0.179. The summed E-state index contributed by atoms with van der Waals surface area (Å²) in [5, 5.41) is 17.6. The Morgan fingerprint density at radius 2 is 2.15 bits per heavy atom. The minimum atomic E-state index is -3.87. The summed E-state index contributed by atoms with van der Waals surface area (Å²) in [6, 6.07) is 6.43. The highest BCUT2D eigenvalue weighted by Gasteiger charge is 2.27. The largest absolute Gasteiger partial charge is 0.383 e. The van der Waals surface area contributed by atoms with Gasteiger partial charge in [0.1, 0.15) is 11.0 Å². The lowest BCUT2D eigenvalue weighted by Gasteiger charge is -2.20. The molecule has 1 aromatic heterocycles. The zero-order valence-electron chi connectivity index (χ0n) is 11.0. The van der Waals surface area contributed by atoms with Gasteiger partial charge in [-0.05, 0) is 12.1 Å². The van der Waals surface area contributed by atoms with Gasteiger partial charge >= 0.3 is 0 Å². The van der Waals surface area contributed by atoms with Gasteiger partial charge in [-0.3, -0.25) is 0 Å². The molecule has 0 radical (unpaired) electrons. The maximum Gasteiger partial charge on any atom is 0.246 e. The molecule has 7 nitrogen and oxygen atoms in total. The van der Waals surface area contributed by atoms with E-state index in [0.717, 1.165) is 4.31 Å². The summed E-state index contributed by atoms with van der Waals surface area (Å²) in [4.78, 5) is 3.59. The lowest BCUT2D eigenvalue weighted by Crippen LogP contribution is -2.35. The molecular formula is C12H14N4O3S. The number of pyridine rings is 1. The van der Waals surface area contributed by atoms with E-state index in [1.54, 1.807) is 6.07 Å². The summed E-state index contributed by atoms with van der Waals surface area (Å²) in [5.41, 5.74) is -0.160. The maximum atomic E-state index is 12.5. The average molecular weight is 294 g/mol. The first-order valence-electron chi connectivity index (χ1n) is 5.79. The molecule has 20 heavy (non-hydrogen) atoms. The Morgan fingerprint density at radius 1 is 1.40 bits per heavy atom. The first-order valence-corrected chi connectivity index (χ1v) is 7.23. The molecule has 0 bridgehead atoms. The van der Waals surface area contributed by atoms with E-state index >= 15 is 0 Å². The molecule has 0 fully saturated rings. The highest BCUT2D eigenvalue weighted by molar-refractivity contribution is 7.89. The van der Waals surface area contributed by atoms with Crippen LogP contribution in [0.5, 0.6) is 0 Å².